The van der Waals surface area contributed by atoms with E-state index in [9.17, 15) is 18.0 Å². The van der Waals surface area contributed by atoms with Gasteiger partial charge in [0.1, 0.15) is 0 Å². The zero-order valence-electron chi connectivity index (χ0n) is 15.2. The van der Waals surface area contributed by atoms with Gasteiger partial charge in [-0.1, -0.05) is 0 Å². The third-order valence-electron chi connectivity index (χ3n) is 4.39. The van der Waals surface area contributed by atoms with Crippen molar-refractivity contribution in [1.82, 2.24) is 9.62 Å². The van der Waals surface area contributed by atoms with E-state index in [1.165, 1.54) is 20.1 Å². The topological polar surface area (TPSA) is 105 Å². The lowest BCUT2D eigenvalue weighted by Crippen LogP contribution is -2.41. The summed E-state index contributed by atoms with van der Waals surface area (Å²) >= 11 is 0. The van der Waals surface area contributed by atoms with Crippen LogP contribution in [0.4, 0.5) is 10.5 Å². The molecule has 1 aliphatic rings. The van der Waals surface area contributed by atoms with Gasteiger partial charge in [0.05, 0.1) is 12.0 Å². The van der Waals surface area contributed by atoms with Gasteiger partial charge in [-0.15, -0.1) is 0 Å². The van der Waals surface area contributed by atoms with Crippen molar-refractivity contribution in [3.8, 4) is 0 Å². The van der Waals surface area contributed by atoms with Crippen molar-refractivity contribution in [1.29, 1.82) is 0 Å². The lowest BCUT2D eigenvalue weighted by Gasteiger charge is -2.30. The molecule has 2 rings (SSSR count). The monoisotopic (exact) mass is 383 g/mol. The number of likely N-dealkylation sites (tertiary alicyclic amines) is 1. The Bertz CT molecular complexity index is 771. The number of hydrogen-bond donors (Lipinski definition) is 2. The SMILES string of the molecule is COC(=O)N1CCC(CNS(=O)(=O)c2ccc(NC(C)=O)cc2C)CC1. The van der Waals surface area contributed by atoms with E-state index in [4.69, 9.17) is 4.74 Å². The lowest BCUT2D eigenvalue weighted by atomic mass is 9.97. The van der Waals surface area contributed by atoms with Gasteiger partial charge in [0.15, 0.2) is 0 Å². The molecule has 26 heavy (non-hydrogen) atoms. The van der Waals surface area contributed by atoms with Crippen LogP contribution in [0.15, 0.2) is 23.1 Å². The average Bonchev–Trinajstić information content (AvgIpc) is 2.59. The molecule has 8 nitrogen and oxygen atoms in total. The summed E-state index contributed by atoms with van der Waals surface area (Å²) in [5.74, 6) is -0.0407. The van der Waals surface area contributed by atoms with Gasteiger partial charge in [-0.3, -0.25) is 4.79 Å². The molecule has 0 saturated carbocycles. The van der Waals surface area contributed by atoms with Crippen LogP contribution in [0.3, 0.4) is 0 Å². The molecule has 1 saturated heterocycles. The van der Waals surface area contributed by atoms with Crippen LogP contribution in [0, 0.1) is 12.8 Å². The summed E-state index contributed by atoms with van der Waals surface area (Å²) in [6.45, 7) is 4.53. The van der Waals surface area contributed by atoms with Crippen LogP contribution in [0.1, 0.15) is 25.3 Å². The Balaban J connectivity index is 1.95. The Morgan fingerprint density at radius 3 is 2.46 bits per heavy atom. The number of hydrogen-bond acceptors (Lipinski definition) is 5. The van der Waals surface area contributed by atoms with Gasteiger partial charge in [-0.2, -0.15) is 0 Å². The zero-order valence-corrected chi connectivity index (χ0v) is 16.1. The number of nitrogens with one attached hydrogen (secondary N) is 2. The van der Waals surface area contributed by atoms with E-state index in [-0.39, 0.29) is 22.8 Å². The van der Waals surface area contributed by atoms with Crippen molar-refractivity contribution in [3.05, 3.63) is 23.8 Å². The fraction of sp³-hybridized carbons (Fsp3) is 0.529. The number of aryl methyl sites for hydroxylation is 1. The predicted octanol–water partition coefficient (Wildman–Crippen LogP) is 1.71. The minimum Gasteiger partial charge on any atom is -0.453 e. The number of carbonyl (C=O) groups is 2. The Hall–Kier alpha value is -2.13. The maximum Gasteiger partial charge on any atom is 0.409 e. The summed E-state index contributed by atoms with van der Waals surface area (Å²) in [5.41, 5.74) is 1.12. The quantitative estimate of drug-likeness (QED) is 0.805. The molecule has 1 aliphatic heterocycles. The maximum atomic E-state index is 12.6. The van der Waals surface area contributed by atoms with Gasteiger partial charge in [-0.25, -0.2) is 17.9 Å². The van der Waals surface area contributed by atoms with E-state index in [0.717, 1.165) is 12.8 Å². The molecular weight excluding hydrogens is 358 g/mol. The largest absolute Gasteiger partial charge is 0.453 e. The second kappa shape index (κ2) is 8.50. The smallest absolute Gasteiger partial charge is 0.409 e. The Labute approximate surface area is 153 Å². The second-order valence-electron chi connectivity index (χ2n) is 6.41. The van der Waals surface area contributed by atoms with Gasteiger partial charge < -0.3 is 15.0 Å². The number of anilines is 1. The molecule has 0 aliphatic carbocycles. The van der Waals surface area contributed by atoms with E-state index >= 15 is 0 Å². The highest BCUT2D eigenvalue weighted by Crippen LogP contribution is 2.21. The first-order valence-corrected chi connectivity index (χ1v) is 9.92. The third-order valence-corrected chi connectivity index (χ3v) is 5.98. The van der Waals surface area contributed by atoms with Gasteiger partial charge >= 0.3 is 6.09 Å². The van der Waals surface area contributed by atoms with Gasteiger partial charge in [-0.05, 0) is 49.4 Å². The van der Waals surface area contributed by atoms with E-state index in [1.807, 2.05) is 0 Å². The number of benzene rings is 1. The molecule has 0 radical (unpaired) electrons. The van der Waals surface area contributed by atoms with Crippen LogP contribution in [-0.2, 0) is 19.6 Å². The molecule has 1 aromatic rings. The van der Waals surface area contributed by atoms with E-state index in [2.05, 4.69) is 10.0 Å². The molecule has 1 fully saturated rings. The van der Waals surface area contributed by atoms with E-state index < -0.39 is 10.0 Å². The van der Waals surface area contributed by atoms with Crippen molar-refractivity contribution < 1.29 is 22.7 Å². The maximum absolute atomic E-state index is 12.6. The van der Waals surface area contributed by atoms with Crippen molar-refractivity contribution >= 4 is 27.7 Å². The summed E-state index contributed by atoms with van der Waals surface area (Å²) in [5, 5.41) is 2.63. The minimum absolute atomic E-state index is 0.171. The third kappa shape index (κ3) is 5.18. The van der Waals surface area contributed by atoms with Gasteiger partial charge in [0.25, 0.3) is 0 Å². The summed E-state index contributed by atoms with van der Waals surface area (Å²) in [6, 6.07) is 4.69. The summed E-state index contributed by atoms with van der Waals surface area (Å²) in [6.07, 6.45) is 1.09. The normalized spacial score (nSPS) is 15.6. The summed E-state index contributed by atoms with van der Waals surface area (Å²) < 4.78 is 32.5. The number of ether oxygens (including phenoxy) is 1. The molecule has 0 bridgehead atoms. The zero-order chi connectivity index (χ0) is 19.3. The fourth-order valence-electron chi connectivity index (χ4n) is 2.99. The molecule has 9 heteroatoms. The Kier molecular flexibility index (Phi) is 6.60. The number of nitrogens with zero attached hydrogens (tertiary/aromatic N) is 1. The van der Waals surface area contributed by atoms with Crippen LogP contribution in [0.25, 0.3) is 0 Å². The molecule has 0 aromatic heterocycles. The lowest BCUT2D eigenvalue weighted by molar-refractivity contribution is -0.114. The van der Waals surface area contributed by atoms with Crippen molar-refractivity contribution in [2.45, 2.75) is 31.6 Å². The molecule has 2 N–H and O–H groups in total. The standard InChI is InChI=1S/C17H25N3O5S/c1-12-10-15(19-13(2)21)4-5-16(12)26(23,24)18-11-14-6-8-20(9-7-14)17(22)25-3/h4-5,10,14,18H,6-9,11H2,1-3H3,(H,19,21). The number of amides is 2. The number of rotatable bonds is 5. The van der Waals surface area contributed by atoms with Crippen LogP contribution in [-0.4, -0.2) is 52.1 Å². The highest BCUT2D eigenvalue weighted by atomic mass is 32.2. The molecule has 144 valence electrons. The van der Waals surface area contributed by atoms with Crippen LogP contribution >= 0.6 is 0 Å². The van der Waals surface area contributed by atoms with Gasteiger partial charge in [0, 0.05) is 32.2 Å². The van der Waals surface area contributed by atoms with Crippen LogP contribution in [0.5, 0.6) is 0 Å². The molecule has 0 atom stereocenters. The number of piperidine rings is 1. The van der Waals surface area contributed by atoms with E-state index in [0.29, 0.717) is 30.9 Å². The molecule has 1 heterocycles. The van der Waals surface area contributed by atoms with Crippen molar-refractivity contribution in [2.24, 2.45) is 5.92 Å². The van der Waals surface area contributed by atoms with Gasteiger partial charge in [0.2, 0.25) is 15.9 Å². The predicted molar refractivity (Wildman–Crippen MR) is 97.4 cm³/mol. The van der Waals surface area contributed by atoms with Crippen LogP contribution in [0.2, 0.25) is 0 Å². The number of sulfonamides is 1. The highest BCUT2D eigenvalue weighted by molar-refractivity contribution is 7.89. The first-order valence-electron chi connectivity index (χ1n) is 8.43. The second-order valence-corrected chi connectivity index (χ2v) is 8.15. The summed E-state index contributed by atoms with van der Waals surface area (Å²) in [4.78, 5) is 24.4. The first-order chi connectivity index (χ1) is 12.2. The molecule has 1 aromatic carbocycles. The number of methoxy groups -OCH3 is 1. The highest BCUT2D eigenvalue weighted by Gasteiger charge is 2.25. The molecule has 2 amide bonds. The fourth-order valence-corrected chi connectivity index (χ4v) is 4.33. The Morgan fingerprint density at radius 2 is 1.92 bits per heavy atom. The average molecular weight is 383 g/mol. The molecular formula is C17H25N3O5S. The van der Waals surface area contributed by atoms with Crippen molar-refractivity contribution in [3.63, 3.8) is 0 Å². The summed E-state index contributed by atoms with van der Waals surface area (Å²) in [7, 11) is -2.29. The molecule has 0 spiro atoms. The molecule has 0 unspecified atom stereocenters. The van der Waals surface area contributed by atoms with Crippen molar-refractivity contribution in [2.75, 3.05) is 32.1 Å². The van der Waals surface area contributed by atoms with E-state index in [1.54, 1.807) is 24.0 Å². The number of carbonyl (C=O) groups excluding carboxylic acids is 2. The minimum atomic E-state index is -3.64. The first kappa shape index (κ1) is 20.2. The Morgan fingerprint density at radius 1 is 1.27 bits per heavy atom. The van der Waals surface area contributed by atoms with Crippen LogP contribution < -0.4 is 10.0 Å².